The van der Waals surface area contributed by atoms with Crippen LogP contribution in [0.15, 0.2) is 49.4 Å². The van der Waals surface area contributed by atoms with E-state index in [-0.39, 0.29) is 5.91 Å². The number of rotatable bonds is 4. The second-order valence-corrected chi connectivity index (χ2v) is 9.80. The zero-order chi connectivity index (χ0) is 24.1. The Hall–Kier alpha value is -3.65. The molecule has 2 saturated heterocycles. The highest BCUT2D eigenvalue weighted by molar-refractivity contribution is 5.87. The van der Waals surface area contributed by atoms with Crippen molar-refractivity contribution in [2.75, 3.05) is 31.5 Å². The molecule has 3 aliphatic heterocycles. The third-order valence-electron chi connectivity index (χ3n) is 7.53. The van der Waals surface area contributed by atoms with Gasteiger partial charge in [0.25, 0.3) is 0 Å². The van der Waals surface area contributed by atoms with Gasteiger partial charge in [-0.1, -0.05) is 12.6 Å². The summed E-state index contributed by atoms with van der Waals surface area (Å²) in [6, 6.07) is 6.95. The summed E-state index contributed by atoms with van der Waals surface area (Å²) in [6.07, 6.45) is 8.17. The van der Waals surface area contributed by atoms with Crippen LogP contribution in [0.4, 0.5) is 11.5 Å². The predicted octanol–water partition coefficient (Wildman–Crippen LogP) is 3.61. The highest BCUT2D eigenvalue weighted by Gasteiger charge is 2.38. The van der Waals surface area contributed by atoms with E-state index in [1.165, 1.54) is 11.6 Å². The van der Waals surface area contributed by atoms with Crippen LogP contribution in [-0.4, -0.2) is 62.7 Å². The van der Waals surface area contributed by atoms with Crippen molar-refractivity contribution in [2.45, 2.75) is 31.9 Å². The van der Waals surface area contributed by atoms with E-state index in [9.17, 15) is 4.79 Å². The summed E-state index contributed by atoms with van der Waals surface area (Å²) in [5.74, 6) is 2.23. The molecule has 3 aliphatic rings. The molecular weight excluding hydrogens is 440 g/mol. The lowest BCUT2D eigenvalue weighted by Gasteiger charge is -2.43. The SMILES string of the molecule is C=CC(=O)N1CCC(N2CC(c3cc(C)c4c(c3)Nc3nccc(-c5cnn(C)c5)c3CO4)C2)C1. The summed E-state index contributed by atoms with van der Waals surface area (Å²) in [7, 11) is 1.92. The van der Waals surface area contributed by atoms with E-state index in [1.807, 2.05) is 36.6 Å². The number of nitrogens with zero attached hydrogens (tertiary/aromatic N) is 5. The Kier molecular flexibility index (Phi) is 5.33. The number of carbonyl (C=O) groups is 1. The number of amides is 1. The van der Waals surface area contributed by atoms with Gasteiger partial charge in [0.2, 0.25) is 5.91 Å². The van der Waals surface area contributed by atoms with Gasteiger partial charge < -0.3 is 15.0 Å². The number of fused-ring (bicyclic) bond motifs is 2. The summed E-state index contributed by atoms with van der Waals surface area (Å²) in [6.45, 7) is 9.83. The van der Waals surface area contributed by atoms with Gasteiger partial charge in [0.1, 0.15) is 18.2 Å². The molecule has 0 aliphatic carbocycles. The van der Waals surface area contributed by atoms with Gasteiger partial charge in [0, 0.05) is 68.7 Å². The largest absolute Gasteiger partial charge is 0.486 e. The van der Waals surface area contributed by atoms with Crippen molar-refractivity contribution < 1.29 is 9.53 Å². The maximum atomic E-state index is 11.9. The number of benzene rings is 1. The van der Waals surface area contributed by atoms with Gasteiger partial charge in [-0.2, -0.15) is 5.10 Å². The maximum absolute atomic E-state index is 11.9. The molecule has 1 atom stereocenters. The summed E-state index contributed by atoms with van der Waals surface area (Å²) < 4.78 is 8.13. The number of hydrogen-bond donors (Lipinski definition) is 1. The molecule has 0 saturated carbocycles. The summed E-state index contributed by atoms with van der Waals surface area (Å²) in [5, 5.41) is 7.89. The van der Waals surface area contributed by atoms with Crippen LogP contribution in [0.1, 0.15) is 29.0 Å². The molecule has 2 aromatic heterocycles. The van der Waals surface area contributed by atoms with Crippen LogP contribution in [0.3, 0.4) is 0 Å². The van der Waals surface area contributed by atoms with Crippen molar-refractivity contribution in [1.82, 2.24) is 24.6 Å². The number of aromatic nitrogens is 3. The number of hydrogen-bond acceptors (Lipinski definition) is 6. The molecule has 1 unspecified atom stereocenters. The smallest absolute Gasteiger partial charge is 0.246 e. The Balaban J connectivity index is 1.21. The zero-order valence-electron chi connectivity index (χ0n) is 20.2. The minimum Gasteiger partial charge on any atom is -0.486 e. The topological polar surface area (TPSA) is 75.5 Å². The van der Waals surface area contributed by atoms with Gasteiger partial charge in [-0.25, -0.2) is 4.98 Å². The van der Waals surface area contributed by atoms with Gasteiger partial charge in [0.05, 0.1) is 11.9 Å². The van der Waals surface area contributed by atoms with E-state index < -0.39 is 0 Å². The Morgan fingerprint density at radius 3 is 2.91 bits per heavy atom. The van der Waals surface area contributed by atoms with Gasteiger partial charge in [-0.3, -0.25) is 14.4 Å². The predicted molar refractivity (Wildman–Crippen MR) is 135 cm³/mol. The second kappa shape index (κ2) is 8.53. The number of aryl methyl sites for hydroxylation is 2. The van der Waals surface area contributed by atoms with Crippen LogP contribution >= 0.6 is 0 Å². The molecule has 8 heteroatoms. The lowest BCUT2D eigenvalue weighted by Crippen LogP contribution is -2.51. The van der Waals surface area contributed by atoms with Crippen LogP contribution in [0.25, 0.3) is 11.1 Å². The molecular formula is C27H30N6O2. The van der Waals surface area contributed by atoms with Gasteiger partial charge in [0.15, 0.2) is 0 Å². The van der Waals surface area contributed by atoms with Gasteiger partial charge >= 0.3 is 0 Å². The van der Waals surface area contributed by atoms with Crippen LogP contribution in [0.5, 0.6) is 5.75 Å². The molecule has 6 rings (SSSR count). The quantitative estimate of drug-likeness (QED) is 0.587. The fourth-order valence-electron chi connectivity index (χ4n) is 5.56. The van der Waals surface area contributed by atoms with Crippen LogP contribution in [0.2, 0.25) is 0 Å². The van der Waals surface area contributed by atoms with E-state index in [1.54, 1.807) is 4.68 Å². The van der Waals surface area contributed by atoms with Crippen molar-refractivity contribution in [1.29, 1.82) is 0 Å². The number of nitrogens with one attached hydrogen (secondary N) is 1. The molecule has 2 fully saturated rings. The minimum atomic E-state index is 0.0394. The van der Waals surface area contributed by atoms with E-state index in [0.717, 1.165) is 72.1 Å². The number of carbonyl (C=O) groups excluding carboxylic acids is 1. The molecule has 1 N–H and O–H groups in total. The molecule has 180 valence electrons. The van der Waals surface area contributed by atoms with Crippen molar-refractivity contribution in [3.05, 3.63) is 66.1 Å². The first-order chi connectivity index (χ1) is 17.0. The molecule has 1 aromatic carbocycles. The third kappa shape index (κ3) is 3.87. The number of pyridine rings is 1. The van der Waals surface area contributed by atoms with Crippen LogP contribution < -0.4 is 10.1 Å². The average Bonchev–Trinajstić information content (AvgIpc) is 3.42. The molecule has 35 heavy (non-hydrogen) atoms. The number of ether oxygens (including phenoxy) is 1. The molecule has 0 bridgehead atoms. The molecule has 0 spiro atoms. The van der Waals surface area contributed by atoms with Gasteiger partial charge in [-0.05, 0) is 48.2 Å². The highest BCUT2D eigenvalue weighted by atomic mass is 16.5. The molecule has 5 heterocycles. The van der Waals surface area contributed by atoms with E-state index in [0.29, 0.717) is 18.6 Å². The van der Waals surface area contributed by atoms with E-state index in [4.69, 9.17) is 4.74 Å². The molecule has 1 amide bonds. The van der Waals surface area contributed by atoms with Gasteiger partial charge in [-0.15, -0.1) is 0 Å². The van der Waals surface area contributed by atoms with Crippen molar-refractivity contribution in [2.24, 2.45) is 7.05 Å². The molecule has 8 nitrogen and oxygen atoms in total. The first-order valence-electron chi connectivity index (χ1n) is 12.2. The highest BCUT2D eigenvalue weighted by Crippen LogP contribution is 2.42. The number of anilines is 2. The lowest BCUT2D eigenvalue weighted by molar-refractivity contribution is -0.125. The first-order valence-corrected chi connectivity index (χ1v) is 12.2. The Morgan fingerprint density at radius 1 is 1.29 bits per heavy atom. The van der Waals surface area contributed by atoms with E-state index in [2.05, 4.69) is 45.9 Å². The molecule has 0 radical (unpaired) electrons. The standard InChI is InChI=1S/C27H30N6O2/c1-4-25(34)32-8-6-21(15-32)33-13-20(14-33)18-9-17(2)26-24(10-18)30-27-23(16-35-26)22(5-7-28-27)19-11-29-31(3)12-19/h4-5,7,9-12,20-21H,1,6,8,13-16H2,2-3H3,(H,28,30). The minimum absolute atomic E-state index is 0.0394. The van der Waals surface area contributed by atoms with Crippen LogP contribution in [-0.2, 0) is 18.4 Å². The van der Waals surface area contributed by atoms with Crippen molar-refractivity contribution >= 4 is 17.4 Å². The average molecular weight is 471 g/mol. The zero-order valence-corrected chi connectivity index (χ0v) is 20.2. The summed E-state index contributed by atoms with van der Waals surface area (Å²) in [4.78, 5) is 21.0. The monoisotopic (exact) mass is 470 g/mol. The normalized spacial score (nSPS) is 19.7. The van der Waals surface area contributed by atoms with Crippen LogP contribution in [0, 0.1) is 6.92 Å². The fourth-order valence-corrected chi connectivity index (χ4v) is 5.56. The fraction of sp³-hybridized carbons (Fsp3) is 0.370. The summed E-state index contributed by atoms with van der Waals surface area (Å²) in [5.41, 5.74) is 6.58. The summed E-state index contributed by atoms with van der Waals surface area (Å²) >= 11 is 0. The lowest BCUT2D eigenvalue weighted by atomic mass is 9.88. The first kappa shape index (κ1) is 21.9. The second-order valence-electron chi connectivity index (χ2n) is 9.80. The maximum Gasteiger partial charge on any atom is 0.246 e. The Bertz CT molecular complexity index is 1310. The van der Waals surface area contributed by atoms with Crippen molar-refractivity contribution in [3.63, 3.8) is 0 Å². The third-order valence-corrected chi connectivity index (χ3v) is 7.53. The Labute approximate surface area is 205 Å². The van der Waals surface area contributed by atoms with E-state index >= 15 is 0 Å². The molecule has 3 aromatic rings. The number of likely N-dealkylation sites (tertiary alicyclic amines) is 2. The Morgan fingerprint density at radius 2 is 2.14 bits per heavy atom. The van der Waals surface area contributed by atoms with Crippen molar-refractivity contribution in [3.8, 4) is 16.9 Å².